The molecule has 1 aromatic carbocycles. The largest absolute Gasteiger partial charge is 0.497 e. The molecule has 1 unspecified atom stereocenters. The molecule has 2 heterocycles. The number of aryl methyl sites for hydroxylation is 1. The Labute approximate surface area is 114 Å². The van der Waals surface area contributed by atoms with Gasteiger partial charge in [-0.1, -0.05) is 6.07 Å². The van der Waals surface area contributed by atoms with E-state index in [9.17, 15) is 0 Å². The third kappa shape index (κ3) is 1.87. The van der Waals surface area contributed by atoms with Gasteiger partial charge in [0.05, 0.1) is 7.11 Å². The number of ether oxygens (including phenoxy) is 1. The second-order valence-electron chi connectivity index (χ2n) is 6.25. The zero-order chi connectivity index (χ0) is 12.8. The molecule has 3 atom stereocenters. The second kappa shape index (κ2) is 4.50. The summed E-state index contributed by atoms with van der Waals surface area (Å²) in [6.45, 7) is 5.00. The van der Waals surface area contributed by atoms with Crippen LogP contribution in [0.25, 0.3) is 0 Å². The van der Waals surface area contributed by atoms with E-state index in [4.69, 9.17) is 4.74 Å². The van der Waals surface area contributed by atoms with Gasteiger partial charge in [-0.15, -0.1) is 0 Å². The van der Waals surface area contributed by atoms with Gasteiger partial charge in [0, 0.05) is 19.1 Å². The topological polar surface area (TPSA) is 24.5 Å². The molecule has 2 aliphatic heterocycles. The number of fused-ring (bicyclic) bond motifs is 2. The van der Waals surface area contributed by atoms with Crippen molar-refractivity contribution in [3.8, 4) is 5.75 Å². The zero-order valence-corrected chi connectivity index (χ0v) is 11.6. The van der Waals surface area contributed by atoms with Gasteiger partial charge in [0.15, 0.2) is 0 Å². The first-order valence-corrected chi connectivity index (χ1v) is 7.46. The predicted octanol–water partition coefficient (Wildman–Crippen LogP) is 1.83. The van der Waals surface area contributed by atoms with Crippen LogP contribution in [0.3, 0.4) is 0 Å². The summed E-state index contributed by atoms with van der Waals surface area (Å²) in [7, 11) is 1.76. The molecule has 3 aliphatic rings. The van der Waals surface area contributed by atoms with Crippen LogP contribution in [-0.4, -0.2) is 38.2 Å². The highest BCUT2D eigenvalue weighted by Gasteiger charge is 2.40. The lowest BCUT2D eigenvalue weighted by atomic mass is 10.0. The lowest BCUT2D eigenvalue weighted by molar-refractivity contribution is 0.227. The zero-order valence-electron chi connectivity index (χ0n) is 11.6. The summed E-state index contributed by atoms with van der Waals surface area (Å²) in [5, 5.41) is 3.53. The predicted molar refractivity (Wildman–Crippen MR) is 75.5 cm³/mol. The summed E-state index contributed by atoms with van der Waals surface area (Å²) >= 11 is 0. The minimum Gasteiger partial charge on any atom is -0.497 e. The fraction of sp³-hybridized carbons (Fsp3) is 0.625. The Bertz CT molecular complexity index is 476. The van der Waals surface area contributed by atoms with E-state index in [1.54, 1.807) is 7.11 Å². The van der Waals surface area contributed by atoms with Crippen LogP contribution in [0.1, 0.15) is 23.6 Å². The molecule has 1 aliphatic carbocycles. The first-order chi connectivity index (χ1) is 9.35. The summed E-state index contributed by atoms with van der Waals surface area (Å²) in [5.41, 5.74) is 3.05. The Morgan fingerprint density at radius 1 is 1.21 bits per heavy atom. The van der Waals surface area contributed by atoms with Crippen molar-refractivity contribution < 1.29 is 4.74 Å². The minimum atomic E-state index is 0.635. The first kappa shape index (κ1) is 11.7. The summed E-state index contributed by atoms with van der Waals surface area (Å²) in [5.74, 6) is 2.77. The lowest BCUT2D eigenvalue weighted by Crippen LogP contribution is -2.28. The number of benzene rings is 1. The summed E-state index contributed by atoms with van der Waals surface area (Å²) in [6, 6.07) is 7.26. The van der Waals surface area contributed by atoms with Crippen LogP contribution in [0.2, 0.25) is 0 Å². The van der Waals surface area contributed by atoms with Gasteiger partial charge in [0.25, 0.3) is 0 Å². The molecular weight excluding hydrogens is 236 g/mol. The maximum atomic E-state index is 5.40. The standard InChI is InChI=1S/C16H22N2O/c1-19-14-4-2-11-3-5-16(15(11)6-14)18-9-12-7-17-8-13(12)10-18/h2,4,6,12-13,16-17H,3,5,7-10H2,1H3/t12-,13+,16?. The van der Waals surface area contributed by atoms with Crippen molar-refractivity contribution in [1.29, 1.82) is 0 Å². The molecule has 4 rings (SSSR count). The molecule has 3 heteroatoms. The average molecular weight is 258 g/mol. The van der Waals surface area contributed by atoms with Crippen molar-refractivity contribution in [1.82, 2.24) is 10.2 Å². The quantitative estimate of drug-likeness (QED) is 0.876. The number of hydrogen-bond donors (Lipinski definition) is 1. The van der Waals surface area contributed by atoms with Gasteiger partial charge in [-0.2, -0.15) is 0 Å². The molecule has 1 aromatic rings. The van der Waals surface area contributed by atoms with Crippen LogP contribution >= 0.6 is 0 Å². The fourth-order valence-corrected chi connectivity index (χ4v) is 4.21. The highest BCUT2D eigenvalue weighted by Crippen LogP contribution is 2.41. The second-order valence-corrected chi connectivity index (χ2v) is 6.25. The van der Waals surface area contributed by atoms with Crippen molar-refractivity contribution >= 4 is 0 Å². The van der Waals surface area contributed by atoms with E-state index < -0.39 is 0 Å². The maximum absolute atomic E-state index is 5.40. The van der Waals surface area contributed by atoms with Crippen LogP contribution in [0.5, 0.6) is 5.75 Å². The van der Waals surface area contributed by atoms with Crippen molar-refractivity contribution in [2.24, 2.45) is 11.8 Å². The Hall–Kier alpha value is -1.06. The molecule has 0 amide bonds. The van der Waals surface area contributed by atoms with E-state index in [0.29, 0.717) is 6.04 Å². The van der Waals surface area contributed by atoms with Crippen LogP contribution < -0.4 is 10.1 Å². The average Bonchev–Trinajstić information content (AvgIpc) is 3.10. The van der Waals surface area contributed by atoms with E-state index in [1.165, 1.54) is 50.1 Å². The first-order valence-electron chi connectivity index (χ1n) is 7.46. The van der Waals surface area contributed by atoms with Crippen molar-refractivity contribution in [2.75, 3.05) is 33.3 Å². The lowest BCUT2D eigenvalue weighted by Gasteiger charge is -2.26. The smallest absolute Gasteiger partial charge is 0.119 e. The number of methoxy groups -OCH3 is 1. The van der Waals surface area contributed by atoms with Gasteiger partial charge in [0.1, 0.15) is 5.75 Å². The van der Waals surface area contributed by atoms with Crippen LogP contribution in [0.4, 0.5) is 0 Å². The third-order valence-corrected chi connectivity index (χ3v) is 5.26. The SMILES string of the molecule is COc1ccc2c(c1)C(N1C[C@H]3CNC[C@H]3C1)CC2. The van der Waals surface area contributed by atoms with Gasteiger partial charge >= 0.3 is 0 Å². The molecule has 0 saturated carbocycles. The van der Waals surface area contributed by atoms with E-state index in [-0.39, 0.29) is 0 Å². The van der Waals surface area contributed by atoms with E-state index in [1.807, 2.05) is 0 Å². The molecule has 2 fully saturated rings. The monoisotopic (exact) mass is 258 g/mol. The Morgan fingerprint density at radius 2 is 2.00 bits per heavy atom. The molecule has 102 valence electrons. The Morgan fingerprint density at radius 3 is 2.74 bits per heavy atom. The van der Waals surface area contributed by atoms with Gasteiger partial charge in [-0.3, -0.25) is 4.90 Å². The van der Waals surface area contributed by atoms with Crippen LogP contribution in [0, 0.1) is 11.8 Å². The highest BCUT2D eigenvalue weighted by atomic mass is 16.5. The normalized spacial score (nSPS) is 33.4. The van der Waals surface area contributed by atoms with Crippen molar-refractivity contribution in [3.63, 3.8) is 0 Å². The summed E-state index contributed by atoms with van der Waals surface area (Å²) in [6.07, 6.45) is 2.52. The third-order valence-electron chi connectivity index (χ3n) is 5.26. The van der Waals surface area contributed by atoms with Gasteiger partial charge in [-0.25, -0.2) is 0 Å². The number of nitrogens with one attached hydrogen (secondary N) is 1. The number of hydrogen-bond acceptors (Lipinski definition) is 3. The van der Waals surface area contributed by atoms with Crippen LogP contribution in [0.15, 0.2) is 18.2 Å². The molecule has 2 saturated heterocycles. The summed E-state index contributed by atoms with van der Waals surface area (Å²) < 4.78 is 5.40. The number of rotatable bonds is 2. The van der Waals surface area contributed by atoms with E-state index in [0.717, 1.165) is 17.6 Å². The van der Waals surface area contributed by atoms with Crippen molar-refractivity contribution in [3.05, 3.63) is 29.3 Å². The molecular formula is C16H22N2O. The van der Waals surface area contributed by atoms with E-state index >= 15 is 0 Å². The fourth-order valence-electron chi connectivity index (χ4n) is 4.21. The number of likely N-dealkylation sites (tertiary alicyclic amines) is 1. The van der Waals surface area contributed by atoms with E-state index in [2.05, 4.69) is 28.4 Å². The highest BCUT2D eigenvalue weighted by molar-refractivity contribution is 5.41. The Balaban J connectivity index is 1.58. The van der Waals surface area contributed by atoms with Gasteiger partial charge in [-0.05, 0) is 61.0 Å². The molecule has 0 bridgehead atoms. The minimum absolute atomic E-state index is 0.635. The van der Waals surface area contributed by atoms with Gasteiger partial charge < -0.3 is 10.1 Å². The van der Waals surface area contributed by atoms with Gasteiger partial charge in [0.2, 0.25) is 0 Å². The molecule has 0 spiro atoms. The molecule has 0 aromatic heterocycles. The molecule has 1 N–H and O–H groups in total. The Kier molecular flexibility index (Phi) is 2.78. The van der Waals surface area contributed by atoms with Crippen LogP contribution in [-0.2, 0) is 6.42 Å². The molecule has 3 nitrogen and oxygen atoms in total. The summed E-state index contributed by atoms with van der Waals surface area (Å²) in [4.78, 5) is 2.72. The molecule has 19 heavy (non-hydrogen) atoms. The molecule has 0 radical (unpaired) electrons. The van der Waals surface area contributed by atoms with Crippen molar-refractivity contribution in [2.45, 2.75) is 18.9 Å². The number of nitrogens with zero attached hydrogens (tertiary/aromatic N) is 1. The maximum Gasteiger partial charge on any atom is 0.119 e.